The number of hydrogen-bond donors (Lipinski definition) is 1. The zero-order valence-electron chi connectivity index (χ0n) is 10.0. The highest BCUT2D eigenvalue weighted by atomic mass is 79.9. The van der Waals surface area contributed by atoms with Crippen LogP contribution in [0.3, 0.4) is 0 Å². The topological polar surface area (TPSA) is 49.4 Å². The number of anilines is 1. The van der Waals surface area contributed by atoms with Crippen molar-refractivity contribution in [2.45, 2.75) is 25.3 Å². The standard InChI is InChI=1S/C12H13BrN2O2S/c1-7(2)15-11(16)10(18-12(15)17)14-9-5-3-8(13)4-6-9/h3-7,10,14H,1-2H3. The molecule has 1 aliphatic heterocycles. The van der Waals surface area contributed by atoms with E-state index in [1.165, 1.54) is 4.90 Å². The molecule has 1 aromatic rings. The largest absolute Gasteiger partial charge is 0.365 e. The number of nitrogens with zero attached hydrogens (tertiary/aromatic N) is 1. The Morgan fingerprint density at radius 3 is 2.39 bits per heavy atom. The molecule has 2 amide bonds. The number of imide groups is 1. The summed E-state index contributed by atoms with van der Waals surface area (Å²) in [6, 6.07) is 7.39. The van der Waals surface area contributed by atoms with Crippen LogP contribution in [0, 0.1) is 0 Å². The second kappa shape index (κ2) is 5.32. The molecule has 96 valence electrons. The van der Waals surface area contributed by atoms with E-state index < -0.39 is 5.37 Å². The van der Waals surface area contributed by atoms with Gasteiger partial charge in [-0.15, -0.1) is 0 Å². The van der Waals surface area contributed by atoms with Gasteiger partial charge >= 0.3 is 0 Å². The minimum atomic E-state index is -0.527. The summed E-state index contributed by atoms with van der Waals surface area (Å²) in [4.78, 5) is 25.0. The molecule has 4 nitrogen and oxygen atoms in total. The van der Waals surface area contributed by atoms with Crippen molar-refractivity contribution >= 4 is 44.5 Å². The lowest BCUT2D eigenvalue weighted by atomic mass is 10.3. The van der Waals surface area contributed by atoms with Crippen LogP contribution in [0.2, 0.25) is 0 Å². The molecule has 1 atom stereocenters. The van der Waals surface area contributed by atoms with Crippen molar-refractivity contribution in [2.75, 3.05) is 5.32 Å². The third kappa shape index (κ3) is 2.70. The maximum Gasteiger partial charge on any atom is 0.291 e. The van der Waals surface area contributed by atoms with Gasteiger partial charge in [-0.25, -0.2) is 0 Å². The summed E-state index contributed by atoms with van der Waals surface area (Å²) in [7, 11) is 0. The molecule has 1 aliphatic rings. The average Bonchev–Trinajstić information content (AvgIpc) is 2.57. The van der Waals surface area contributed by atoms with E-state index in [2.05, 4.69) is 21.2 Å². The van der Waals surface area contributed by atoms with Crippen molar-refractivity contribution in [3.63, 3.8) is 0 Å². The molecule has 0 bridgehead atoms. The smallest absolute Gasteiger partial charge is 0.291 e. The number of amides is 2. The molecule has 1 saturated heterocycles. The van der Waals surface area contributed by atoms with Gasteiger partial charge in [0.05, 0.1) is 0 Å². The molecule has 0 aliphatic carbocycles. The lowest BCUT2D eigenvalue weighted by molar-refractivity contribution is -0.127. The Bertz CT molecular complexity index is 475. The number of halogens is 1. The second-order valence-electron chi connectivity index (χ2n) is 4.22. The van der Waals surface area contributed by atoms with Crippen LogP contribution in [-0.2, 0) is 4.79 Å². The molecule has 1 heterocycles. The number of benzene rings is 1. The van der Waals surface area contributed by atoms with Crippen LogP contribution in [0.25, 0.3) is 0 Å². The van der Waals surface area contributed by atoms with E-state index in [0.717, 1.165) is 21.9 Å². The highest BCUT2D eigenvalue weighted by molar-refractivity contribution is 9.10. The predicted molar refractivity (Wildman–Crippen MR) is 76.5 cm³/mol. The van der Waals surface area contributed by atoms with Gasteiger partial charge in [0.1, 0.15) is 0 Å². The van der Waals surface area contributed by atoms with E-state index in [1.54, 1.807) is 0 Å². The van der Waals surface area contributed by atoms with Crippen molar-refractivity contribution in [3.8, 4) is 0 Å². The third-order valence-electron chi connectivity index (χ3n) is 2.54. The Hall–Kier alpha value is -1.01. The van der Waals surface area contributed by atoms with Gasteiger partial charge in [0.15, 0.2) is 5.37 Å². The fourth-order valence-corrected chi connectivity index (χ4v) is 2.97. The van der Waals surface area contributed by atoms with Crippen LogP contribution in [0.1, 0.15) is 13.8 Å². The van der Waals surface area contributed by atoms with Crippen LogP contribution in [0.4, 0.5) is 10.5 Å². The first kappa shape index (κ1) is 13.4. The summed E-state index contributed by atoms with van der Waals surface area (Å²) in [6.45, 7) is 3.66. The van der Waals surface area contributed by atoms with Crippen LogP contribution < -0.4 is 5.32 Å². The van der Waals surface area contributed by atoms with E-state index in [-0.39, 0.29) is 17.2 Å². The fourth-order valence-electron chi connectivity index (χ4n) is 1.68. The maximum atomic E-state index is 12.0. The first-order valence-electron chi connectivity index (χ1n) is 5.55. The molecule has 0 saturated carbocycles. The number of carbonyl (C=O) groups is 2. The van der Waals surface area contributed by atoms with Crippen LogP contribution in [0.15, 0.2) is 28.7 Å². The zero-order chi connectivity index (χ0) is 13.3. The predicted octanol–water partition coefficient (Wildman–Crippen LogP) is 3.29. The number of carbonyl (C=O) groups excluding carboxylic acids is 2. The maximum absolute atomic E-state index is 12.0. The molecule has 18 heavy (non-hydrogen) atoms. The Morgan fingerprint density at radius 2 is 1.89 bits per heavy atom. The van der Waals surface area contributed by atoms with Gasteiger partial charge in [-0.1, -0.05) is 15.9 Å². The molecule has 2 rings (SSSR count). The second-order valence-corrected chi connectivity index (χ2v) is 6.19. The summed E-state index contributed by atoms with van der Waals surface area (Å²) in [5.41, 5.74) is 0.822. The molecule has 1 unspecified atom stereocenters. The third-order valence-corrected chi connectivity index (χ3v) is 4.02. The molecule has 6 heteroatoms. The summed E-state index contributed by atoms with van der Waals surface area (Å²) in [6.07, 6.45) is 0. The Balaban J connectivity index is 2.10. The summed E-state index contributed by atoms with van der Waals surface area (Å²) < 4.78 is 0.971. The van der Waals surface area contributed by atoms with E-state index in [9.17, 15) is 9.59 Å². The van der Waals surface area contributed by atoms with Gasteiger partial charge in [0.25, 0.3) is 11.1 Å². The first-order chi connectivity index (χ1) is 8.49. The van der Waals surface area contributed by atoms with Crippen molar-refractivity contribution in [1.82, 2.24) is 4.90 Å². The summed E-state index contributed by atoms with van der Waals surface area (Å²) in [5.74, 6) is -0.178. The van der Waals surface area contributed by atoms with Crippen molar-refractivity contribution < 1.29 is 9.59 Å². The van der Waals surface area contributed by atoms with Crippen molar-refractivity contribution in [3.05, 3.63) is 28.7 Å². The summed E-state index contributed by atoms with van der Waals surface area (Å²) >= 11 is 4.37. The number of rotatable bonds is 3. The lowest BCUT2D eigenvalue weighted by Crippen LogP contribution is -2.38. The van der Waals surface area contributed by atoms with Gasteiger partial charge in [-0.2, -0.15) is 0 Å². The minimum absolute atomic E-state index is 0.103. The molecule has 1 N–H and O–H groups in total. The molecule has 1 aromatic carbocycles. The van der Waals surface area contributed by atoms with Gasteiger partial charge in [-0.05, 0) is 49.9 Å². The molecular weight excluding hydrogens is 316 g/mol. The van der Waals surface area contributed by atoms with Gasteiger partial charge in [0, 0.05) is 16.2 Å². The molecular formula is C12H13BrN2O2S. The van der Waals surface area contributed by atoms with Crippen LogP contribution in [0.5, 0.6) is 0 Å². The van der Waals surface area contributed by atoms with Gasteiger partial charge < -0.3 is 5.32 Å². The quantitative estimate of drug-likeness (QED) is 0.924. The Morgan fingerprint density at radius 1 is 1.28 bits per heavy atom. The van der Waals surface area contributed by atoms with E-state index in [0.29, 0.717) is 0 Å². The lowest BCUT2D eigenvalue weighted by Gasteiger charge is -2.18. The highest BCUT2D eigenvalue weighted by Crippen LogP contribution is 2.29. The molecule has 0 radical (unpaired) electrons. The van der Waals surface area contributed by atoms with Gasteiger partial charge in [-0.3, -0.25) is 14.5 Å². The van der Waals surface area contributed by atoms with Gasteiger partial charge in [0.2, 0.25) is 0 Å². The van der Waals surface area contributed by atoms with Crippen molar-refractivity contribution in [2.24, 2.45) is 0 Å². The Kier molecular flexibility index (Phi) is 3.97. The SMILES string of the molecule is CC(C)N1C(=O)SC(Nc2ccc(Br)cc2)C1=O. The summed E-state index contributed by atoms with van der Waals surface area (Å²) in [5, 5.41) is 2.35. The van der Waals surface area contributed by atoms with Crippen LogP contribution in [-0.4, -0.2) is 27.5 Å². The van der Waals surface area contributed by atoms with E-state index >= 15 is 0 Å². The number of thioether (sulfide) groups is 1. The first-order valence-corrected chi connectivity index (χ1v) is 7.22. The molecule has 0 spiro atoms. The zero-order valence-corrected chi connectivity index (χ0v) is 12.4. The van der Waals surface area contributed by atoms with Crippen LogP contribution >= 0.6 is 27.7 Å². The molecule has 1 fully saturated rings. The Labute approximate surface area is 118 Å². The minimum Gasteiger partial charge on any atom is -0.365 e. The van der Waals surface area contributed by atoms with E-state index in [1.807, 2.05) is 38.1 Å². The van der Waals surface area contributed by atoms with E-state index in [4.69, 9.17) is 0 Å². The number of nitrogens with one attached hydrogen (secondary N) is 1. The normalized spacial score (nSPS) is 19.8. The highest BCUT2D eigenvalue weighted by Gasteiger charge is 2.40. The average molecular weight is 329 g/mol. The number of hydrogen-bond acceptors (Lipinski definition) is 4. The molecule has 0 aromatic heterocycles. The monoisotopic (exact) mass is 328 g/mol. The van der Waals surface area contributed by atoms with Crippen molar-refractivity contribution in [1.29, 1.82) is 0 Å². The fraction of sp³-hybridized carbons (Fsp3) is 0.333.